The van der Waals surface area contributed by atoms with Crippen molar-refractivity contribution in [3.63, 3.8) is 0 Å². The van der Waals surface area contributed by atoms with Crippen LogP contribution in [0.3, 0.4) is 0 Å². The maximum atomic E-state index is 12.5. The van der Waals surface area contributed by atoms with Crippen LogP contribution in [0, 0.1) is 0 Å². The van der Waals surface area contributed by atoms with Gasteiger partial charge in [0, 0.05) is 17.2 Å². The summed E-state index contributed by atoms with van der Waals surface area (Å²) in [7, 11) is -2.61. The molecule has 2 aromatic heterocycles. The third-order valence-electron chi connectivity index (χ3n) is 3.75. The van der Waals surface area contributed by atoms with E-state index in [4.69, 9.17) is 4.89 Å². The van der Waals surface area contributed by atoms with E-state index < -0.39 is 13.9 Å². The zero-order valence-corrected chi connectivity index (χ0v) is 16.7. The summed E-state index contributed by atoms with van der Waals surface area (Å²) >= 11 is 0. The van der Waals surface area contributed by atoms with Crippen molar-refractivity contribution in [2.24, 2.45) is 0 Å². The lowest BCUT2D eigenvalue weighted by Gasteiger charge is -2.09. The lowest BCUT2D eigenvalue weighted by atomic mass is 10.3. The monoisotopic (exact) mass is 387 g/mol. The summed E-state index contributed by atoms with van der Waals surface area (Å²) in [4.78, 5) is 39.6. The fourth-order valence-corrected chi connectivity index (χ4v) is 2.45. The molecule has 0 saturated carbocycles. The Kier molecular flexibility index (Phi) is 9.40. The van der Waals surface area contributed by atoms with Gasteiger partial charge in [-0.25, -0.2) is 9.78 Å². The molecule has 1 unspecified atom stereocenters. The van der Waals surface area contributed by atoms with Crippen LogP contribution in [0.5, 0.6) is 0 Å². The van der Waals surface area contributed by atoms with Gasteiger partial charge >= 0.3 is 13.9 Å². The summed E-state index contributed by atoms with van der Waals surface area (Å²) in [6, 6.07) is 0.0475. The Bertz CT molecular complexity index is 822. The average Bonchev–Trinajstić information content (AvgIpc) is 3.01. The summed E-state index contributed by atoms with van der Waals surface area (Å²) < 4.78 is 17.7. The normalized spacial score (nSPS) is 11.5. The molecule has 9 nitrogen and oxygen atoms in total. The number of nitrogens with one attached hydrogen (secondary N) is 1. The van der Waals surface area contributed by atoms with E-state index in [1.54, 1.807) is 4.57 Å². The Hall–Kier alpha value is -1.83. The van der Waals surface area contributed by atoms with Gasteiger partial charge in [0.25, 0.3) is 5.56 Å². The summed E-state index contributed by atoms with van der Waals surface area (Å²) in [5.74, 6) is 0. The van der Waals surface area contributed by atoms with Gasteiger partial charge in [-0.1, -0.05) is 26.7 Å². The van der Waals surface area contributed by atoms with Crippen LogP contribution in [-0.4, -0.2) is 30.6 Å². The molecule has 0 aliphatic carbocycles. The van der Waals surface area contributed by atoms with E-state index in [1.807, 2.05) is 13.8 Å². The molecule has 0 aliphatic heterocycles. The Morgan fingerprint density at radius 3 is 2.46 bits per heavy atom. The van der Waals surface area contributed by atoms with Crippen molar-refractivity contribution in [1.82, 2.24) is 19.1 Å². The van der Waals surface area contributed by atoms with Crippen LogP contribution in [0.2, 0.25) is 0 Å². The highest BCUT2D eigenvalue weighted by atomic mass is 31.1. The van der Waals surface area contributed by atoms with Gasteiger partial charge < -0.3 is 4.57 Å². The molecule has 2 heterocycles. The standard InChI is InChI=1S/C12H17N4O5P.C4H10/c1-8(2)16-7-13-10-9(16)11(17)15(12(18)14-10)5-3-4-6-21-22(19)20;1-3-4-2/h7-8H,3-6H2,1-2H3,(H-,14,17,18,19,20);3-4H2,1-2H3/p+1. The molecule has 146 valence electrons. The molecule has 0 spiro atoms. The first-order chi connectivity index (χ1) is 12.3. The molecule has 10 heteroatoms. The smallest absolute Gasteiger partial charge is 0.322 e. The number of H-pyrrole nitrogens is 1. The number of aromatic amines is 1. The number of unbranched alkanes of at least 4 members (excludes halogenated alkanes) is 2. The van der Waals surface area contributed by atoms with Crippen molar-refractivity contribution in [2.75, 3.05) is 6.61 Å². The number of hydrogen-bond acceptors (Lipinski definition) is 5. The van der Waals surface area contributed by atoms with Crippen LogP contribution in [0.25, 0.3) is 11.2 Å². The second kappa shape index (κ2) is 11.0. The molecule has 0 aromatic carbocycles. The topological polar surface area (TPSA) is 119 Å². The number of aromatic nitrogens is 4. The van der Waals surface area contributed by atoms with E-state index >= 15 is 0 Å². The van der Waals surface area contributed by atoms with Crippen molar-refractivity contribution in [2.45, 2.75) is 66.0 Å². The molecule has 2 N–H and O–H groups in total. The molecule has 2 rings (SSSR count). The van der Waals surface area contributed by atoms with Crippen LogP contribution >= 0.6 is 8.25 Å². The molecule has 1 atom stereocenters. The Morgan fingerprint density at radius 1 is 1.27 bits per heavy atom. The lowest BCUT2D eigenvalue weighted by Crippen LogP contribution is -2.36. The Balaban J connectivity index is 0.000000765. The van der Waals surface area contributed by atoms with E-state index in [2.05, 4.69) is 28.3 Å². The summed E-state index contributed by atoms with van der Waals surface area (Å²) in [6.45, 7) is 8.51. The molecule has 0 saturated heterocycles. The molecule has 0 aliphatic rings. The van der Waals surface area contributed by atoms with E-state index in [9.17, 15) is 14.2 Å². The molecule has 26 heavy (non-hydrogen) atoms. The molecular weight excluding hydrogens is 359 g/mol. The highest BCUT2D eigenvalue weighted by molar-refractivity contribution is 7.32. The SMILES string of the molecule is CC(C)n1cnc2[nH]c(=O)n(CCCCO[P+](=O)O)c(=O)c21.CCCC. The summed E-state index contributed by atoms with van der Waals surface area (Å²) in [6.07, 6.45) is 5.12. The molecule has 0 amide bonds. The van der Waals surface area contributed by atoms with Crippen molar-refractivity contribution in [3.05, 3.63) is 27.2 Å². The van der Waals surface area contributed by atoms with Crippen LogP contribution in [0.1, 0.15) is 59.4 Å². The number of fused-ring (bicyclic) bond motifs is 1. The predicted molar refractivity (Wildman–Crippen MR) is 101 cm³/mol. The fraction of sp³-hybridized carbons (Fsp3) is 0.688. The van der Waals surface area contributed by atoms with E-state index in [1.165, 1.54) is 19.2 Å². The van der Waals surface area contributed by atoms with Gasteiger partial charge in [0.1, 0.15) is 6.61 Å². The molecule has 2 aromatic rings. The van der Waals surface area contributed by atoms with Crippen molar-refractivity contribution in [3.8, 4) is 0 Å². The minimum absolute atomic E-state index is 0.0475. The predicted octanol–water partition coefficient (Wildman–Crippen LogP) is 2.72. The highest BCUT2D eigenvalue weighted by Crippen LogP contribution is 2.15. The van der Waals surface area contributed by atoms with Gasteiger partial charge in [-0.2, -0.15) is 0 Å². The maximum Gasteiger partial charge on any atom is 0.694 e. The van der Waals surface area contributed by atoms with Gasteiger partial charge in [0.15, 0.2) is 11.2 Å². The lowest BCUT2D eigenvalue weighted by molar-refractivity contribution is 0.272. The molecule has 0 radical (unpaired) electrons. The van der Waals surface area contributed by atoms with Crippen LogP contribution in [-0.2, 0) is 15.6 Å². The first-order valence-corrected chi connectivity index (χ1v) is 9.95. The molecular formula is C16H28N4O5P+. The fourth-order valence-electron chi connectivity index (χ4n) is 2.16. The van der Waals surface area contributed by atoms with Crippen molar-refractivity contribution in [1.29, 1.82) is 0 Å². The second-order valence-electron chi connectivity index (χ2n) is 6.11. The Labute approximate surface area is 153 Å². The van der Waals surface area contributed by atoms with Gasteiger partial charge in [0.05, 0.1) is 6.33 Å². The number of hydrogen-bond donors (Lipinski definition) is 2. The molecule has 0 fully saturated rings. The van der Waals surface area contributed by atoms with E-state index in [0.717, 1.165) is 4.57 Å². The van der Waals surface area contributed by atoms with Crippen LogP contribution < -0.4 is 11.2 Å². The third-order valence-corrected chi connectivity index (χ3v) is 4.15. The van der Waals surface area contributed by atoms with Gasteiger partial charge in [-0.15, -0.1) is 9.42 Å². The maximum absolute atomic E-state index is 12.5. The van der Waals surface area contributed by atoms with E-state index in [0.29, 0.717) is 18.4 Å². The number of nitrogens with zero attached hydrogens (tertiary/aromatic N) is 3. The van der Waals surface area contributed by atoms with Crippen LogP contribution in [0.4, 0.5) is 0 Å². The minimum Gasteiger partial charge on any atom is -0.322 e. The van der Waals surface area contributed by atoms with Gasteiger partial charge in [-0.05, 0) is 26.7 Å². The number of rotatable bonds is 8. The highest BCUT2D eigenvalue weighted by Gasteiger charge is 2.15. The first-order valence-electron chi connectivity index (χ1n) is 8.82. The summed E-state index contributed by atoms with van der Waals surface area (Å²) in [5.41, 5.74) is -0.260. The number of imidazole rings is 1. The zero-order valence-electron chi connectivity index (χ0n) is 15.8. The largest absolute Gasteiger partial charge is 0.694 e. The minimum atomic E-state index is -2.61. The van der Waals surface area contributed by atoms with Gasteiger partial charge in [0.2, 0.25) is 0 Å². The van der Waals surface area contributed by atoms with E-state index in [-0.39, 0.29) is 30.4 Å². The van der Waals surface area contributed by atoms with Crippen molar-refractivity contribution < 1.29 is 14.0 Å². The van der Waals surface area contributed by atoms with Crippen LogP contribution in [0.15, 0.2) is 15.9 Å². The van der Waals surface area contributed by atoms with Crippen molar-refractivity contribution >= 4 is 19.4 Å². The average molecular weight is 387 g/mol. The quantitative estimate of drug-likeness (QED) is 0.531. The zero-order chi connectivity index (χ0) is 19.7. The third kappa shape index (κ3) is 6.16. The first kappa shape index (κ1) is 22.2. The van der Waals surface area contributed by atoms with Gasteiger partial charge in [-0.3, -0.25) is 14.3 Å². The Morgan fingerprint density at radius 2 is 1.92 bits per heavy atom. The molecule has 0 bridgehead atoms. The summed E-state index contributed by atoms with van der Waals surface area (Å²) in [5, 5.41) is 0. The second-order valence-corrected chi connectivity index (χ2v) is 6.84.